The molecule has 1 aromatic rings. The summed E-state index contributed by atoms with van der Waals surface area (Å²) in [5.41, 5.74) is 0. The first-order valence-corrected chi connectivity index (χ1v) is 9.02. The molecule has 1 heterocycles. The predicted octanol–water partition coefficient (Wildman–Crippen LogP) is 2.13. The van der Waals surface area contributed by atoms with Crippen molar-refractivity contribution < 1.29 is 8.42 Å². The second kappa shape index (κ2) is 5.91. The quantitative estimate of drug-likeness (QED) is 0.839. The lowest BCUT2D eigenvalue weighted by molar-refractivity contribution is 0.444. The predicted molar refractivity (Wildman–Crippen MR) is 78.8 cm³/mol. The van der Waals surface area contributed by atoms with Crippen LogP contribution in [0.25, 0.3) is 0 Å². The van der Waals surface area contributed by atoms with Crippen LogP contribution in [0.3, 0.4) is 0 Å². The minimum Gasteiger partial charge on any atom is -0.312 e. The van der Waals surface area contributed by atoms with Crippen LogP contribution in [0, 0.1) is 11.8 Å². The molecule has 1 aliphatic carbocycles. The molecule has 0 aromatic carbocycles. The van der Waals surface area contributed by atoms with Crippen molar-refractivity contribution in [2.24, 2.45) is 11.8 Å². The summed E-state index contributed by atoms with van der Waals surface area (Å²) in [5.74, 6) is 1.21. The Labute approximate surface area is 119 Å². The van der Waals surface area contributed by atoms with E-state index in [-0.39, 0.29) is 0 Å². The zero-order valence-corrected chi connectivity index (χ0v) is 13.4. The van der Waals surface area contributed by atoms with E-state index in [1.807, 2.05) is 12.3 Å². The van der Waals surface area contributed by atoms with Gasteiger partial charge in [-0.1, -0.05) is 13.8 Å². The van der Waals surface area contributed by atoms with Gasteiger partial charge in [0.15, 0.2) is 0 Å². The molecule has 1 fully saturated rings. The second-order valence-electron chi connectivity index (χ2n) is 5.25. The van der Waals surface area contributed by atoms with E-state index >= 15 is 0 Å². The van der Waals surface area contributed by atoms with Crippen molar-refractivity contribution in [3.63, 3.8) is 0 Å². The molecule has 0 amide bonds. The third-order valence-corrected chi connectivity index (χ3v) is 6.65. The van der Waals surface area contributed by atoms with Crippen LogP contribution < -0.4 is 5.32 Å². The Kier molecular flexibility index (Phi) is 4.66. The van der Waals surface area contributed by atoms with E-state index in [1.165, 1.54) is 15.6 Å². The van der Waals surface area contributed by atoms with Gasteiger partial charge in [-0.05, 0) is 36.2 Å². The Morgan fingerprint density at radius 1 is 1.53 bits per heavy atom. The van der Waals surface area contributed by atoms with E-state index in [0.29, 0.717) is 29.8 Å². The summed E-state index contributed by atoms with van der Waals surface area (Å²) in [6.45, 7) is 6.29. The van der Waals surface area contributed by atoms with E-state index in [0.717, 1.165) is 17.8 Å². The third-order valence-electron chi connectivity index (χ3n) is 3.70. The number of nitrogens with one attached hydrogen (secondary N) is 1. The van der Waals surface area contributed by atoms with Gasteiger partial charge in [0.1, 0.15) is 0 Å². The van der Waals surface area contributed by atoms with Crippen LogP contribution in [0.1, 0.15) is 25.1 Å². The molecule has 1 saturated carbocycles. The Morgan fingerprint density at radius 3 is 2.79 bits per heavy atom. The maximum atomic E-state index is 12.6. The average Bonchev–Trinajstić information content (AvgIpc) is 2.88. The van der Waals surface area contributed by atoms with Crippen molar-refractivity contribution in [1.29, 1.82) is 0 Å². The van der Waals surface area contributed by atoms with E-state index < -0.39 is 10.0 Å². The number of thiophene rings is 1. The van der Waals surface area contributed by atoms with Crippen molar-refractivity contribution in [1.82, 2.24) is 9.62 Å². The van der Waals surface area contributed by atoms with Crippen LogP contribution in [-0.2, 0) is 16.6 Å². The first-order chi connectivity index (χ1) is 8.96. The Morgan fingerprint density at radius 2 is 2.21 bits per heavy atom. The summed E-state index contributed by atoms with van der Waals surface area (Å²) < 4.78 is 26.6. The van der Waals surface area contributed by atoms with Gasteiger partial charge in [-0.15, -0.1) is 11.3 Å². The van der Waals surface area contributed by atoms with E-state index in [2.05, 4.69) is 12.2 Å². The van der Waals surface area contributed by atoms with Crippen molar-refractivity contribution in [3.05, 3.63) is 16.3 Å². The second-order valence-corrected chi connectivity index (χ2v) is 8.26. The average molecular weight is 302 g/mol. The van der Waals surface area contributed by atoms with E-state index in [1.54, 1.807) is 13.1 Å². The lowest BCUT2D eigenvalue weighted by Crippen LogP contribution is -2.30. The zero-order valence-electron chi connectivity index (χ0n) is 11.7. The fraction of sp³-hybridized carbons (Fsp3) is 0.692. The van der Waals surface area contributed by atoms with Crippen molar-refractivity contribution in [2.45, 2.75) is 31.7 Å². The van der Waals surface area contributed by atoms with Gasteiger partial charge in [-0.3, -0.25) is 0 Å². The lowest BCUT2D eigenvalue weighted by Gasteiger charge is -2.17. The Hall–Kier alpha value is -0.430. The molecule has 19 heavy (non-hydrogen) atoms. The van der Waals surface area contributed by atoms with Crippen molar-refractivity contribution >= 4 is 21.4 Å². The molecule has 4 nitrogen and oxygen atoms in total. The maximum absolute atomic E-state index is 12.6. The smallest absolute Gasteiger partial charge is 0.243 e. The van der Waals surface area contributed by atoms with E-state index in [4.69, 9.17) is 0 Å². The molecule has 0 aliphatic heterocycles. The molecule has 2 rings (SSSR count). The van der Waals surface area contributed by atoms with Gasteiger partial charge in [0.2, 0.25) is 10.0 Å². The van der Waals surface area contributed by atoms with Gasteiger partial charge in [0, 0.05) is 25.0 Å². The van der Waals surface area contributed by atoms with Gasteiger partial charge in [-0.25, -0.2) is 12.7 Å². The monoisotopic (exact) mass is 302 g/mol. The molecular weight excluding hydrogens is 280 g/mol. The summed E-state index contributed by atoms with van der Waals surface area (Å²) in [5, 5.41) is 5.04. The van der Waals surface area contributed by atoms with Crippen molar-refractivity contribution in [3.8, 4) is 0 Å². The molecule has 0 saturated heterocycles. The number of nitrogens with zero attached hydrogens (tertiary/aromatic N) is 1. The molecule has 0 bridgehead atoms. The van der Waals surface area contributed by atoms with Gasteiger partial charge in [0.05, 0.1) is 4.90 Å². The maximum Gasteiger partial charge on any atom is 0.243 e. The van der Waals surface area contributed by atoms with Crippen LogP contribution in [0.15, 0.2) is 16.3 Å². The molecule has 108 valence electrons. The van der Waals surface area contributed by atoms with Crippen LogP contribution >= 0.6 is 11.3 Å². The minimum absolute atomic E-state index is 0.467. The largest absolute Gasteiger partial charge is 0.312 e. The number of hydrogen-bond acceptors (Lipinski definition) is 4. The lowest BCUT2D eigenvalue weighted by atomic mass is 10.3. The van der Waals surface area contributed by atoms with Crippen molar-refractivity contribution in [2.75, 3.05) is 20.1 Å². The Balaban J connectivity index is 2.11. The van der Waals surface area contributed by atoms with Gasteiger partial charge in [0.25, 0.3) is 0 Å². The van der Waals surface area contributed by atoms with Gasteiger partial charge >= 0.3 is 0 Å². The molecule has 1 aromatic heterocycles. The SMILES string of the molecule is CCNCc1sccc1S(=O)(=O)N(C)CC1CC1C. The Bertz CT molecular complexity index is 525. The molecule has 0 spiro atoms. The summed E-state index contributed by atoms with van der Waals surface area (Å²) in [6, 6.07) is 1.72. The summed E-state index contributed by atoms with van der Waals surface area (Å²) >= 11 is 1.50. The summed E-state index contributed by atoms with van der Waals surface area (Å²) in [6.07, 6.45) is 1.15. The fourth-order valence-corrected chi connectivity index (χ4v) is 4.78. The highest BCUT2D eigenvalue weighted by molar-refractivity contribution is 7.89. The zero-order chi connectivity index (χ0) is 14.0. The molecule has 0 radical (unpaired) electrons. The van der Waals surface area contributed by atoms with Crippen LogP contribution in [0.5, 0.6) is 0 Å². The highest BCUT2D eigenvalue weighted by Gasteiger charge is 2.36. The fourth-order valence-electron chi connectivity index (χ4n) is 2.18. The molecule has 1 N–H and O–H groups in total. The highest BCUT2D eigenvalue weighted by atomic mass is 32.2. The number of sulfonamides is 1. The van der Waals surface area contributed by atoms with Crippen LogP contribution in [0.2, 0.25) is 0 Å². The third kappa shape index (κ3) is 3.37. The molecule has 1 aliphatic rings. The number of rotatable bonds is 7. The first kappa shape index (κ1) is 15.0. The van der Waals surface area contributed by atoms with Crippen LogP contribution in [0.4, 0.5) is 0 Å². The van der Waals surface area contributed by atoms with Gasteiger partial charge < -0.3 is 5.32 Å². The summed E-state index contributed by atoms with van der Waals surface area (Å²) in [4.78, 5) is 1.37. The normalized spacial score (nSPS) is 22.9. The first-order valence-electron chi connectivity index (χ1n) is 6.70. The van der Waals surface area contributed by atoms with Gasteiger partial charge in [-0.2, -0.15) is 0 Å². The summed E-state index contributed by atoms with van der Waals surface area (Å²) in [7, 11) is -1.64. The van der Waals surface area contributed by atoms with Crippen LogP contribution in [-0.4, -0.2) is 32.9 Å². The minimum atomic E-state index is -3.33. The molecule has 2 unspecified atom stereocenters. The van der Waals surface area contributed by atoms with E-state index in [9.17, 15) is 8.42 Å². The number of hydrogen-bond donors (Lipinski definition) is 1. The topological polar surface area (TPSA) is 49.4 Å². The molecule has 2 atom stereocenters. The standard InChI is InChI=1S/C13H22N2O2S2/c1-4-14-8-12-13(5-6-18-12)19(16,17)15(3)9-11-7-10(11)2/h5-6,10-11,14H,4,7-9H2,1-3H3. The highest BCUT2D eigenvalue weighted by Crippen LogP contribution is 2.39. The molecular formula is C13H22N2O2S2. The molecule has 6 heteroatoms.